The van der Waals surface area contributed by atoms with Crippen molar-refractivity contribution in [3.63, 3.8) is 0 Å². The van der Waals surface area contributed by atoms with E-state index in [1.807, 2.05) is 30.3 Å². The molecule has 0 N–H and O–H groups in total. The maximum absolute atomic E-state index is 5.78. The molecule has 2 nitrogen and oxygen atoms in total. The van der Waals surface area contributed by atoms with Crippen LogP contribution in [0.5, 0.6) is 0 Å². The molecular formula is C16H15NO. The van der Waals surface area contributed by atoms with E-state index >= 15 is 0 Å². The Hall–Kier alpha value is -2.09. The van der Waals surface area contributed by atoms with Crippen LogP contribution in [0.3, 0.4) is 0 Å². The summed E-state index contributed by atoms with van der Waals surface area (Å²) >= 11 is 0. The van der Waals surface area contributed by atoms with Crippen molar-refractivity contribution in [3.8, 4) is 0 Å². The second kappa shape index (κ2) is 5.05. The first kappa shape index (κ1) is 11.0. The first-order chi connectivity index (χ1) is 8.92. The normalized spacial score (nSPS) is 13.7. The van der Waals surface area contributed by atoms with Crippen molar-refractivity contribution in [2.45, 2.75) is 19.4 Å². The van der Waals surface area contributed by atoms with E-state index in [4.69, 9.17) is 4.74 Å². The average molecular weight is 237 g/mol. The van der Waals surface area contributed by atoms with Gasteiger partial charge in [-0.05, 0) is 23.6 Å². The van der Waals surface area contributed by atoms with Crippen LogP contribution in [0.15, 0.2) is 59.6 Å². The number of aryl methyl sites for hydroxylation is 1. The van der Waals surface area contributed by atoms with Gasteiger partial charge in [0.25, 0.3) is 0 Å². The highest BCUT2D eigenvalue weighted by Gasteiger charge is 2.12. The summed E-state index contributed by atoms with van der Waals surface area (Å²) < 4.78 is 5.78. The molecule has 0 atom stereocenters. The number of benzene rings is 2. The summed E-state index contributed by atoms with van der Waals surface area (Å²) in [5.41, 5.74) is 3.54. The van der Waals surface area contributed by atoms with Gasteiger partial charge in [-0.15, -0.1) is 0 Å². The van der Waals surface area contributed by atoms with Crippen LogP contribution in [0.1, 0.15) is 17.5 Å². The van der Waals surface area contributed by atoms with E-state index in [0.717, 1.165) is 24.4 Å². The standard InChI is InChI=1S/C16H15NO/c1-2-6-13(7-3-1)12-18-16-11-10-14-8-4-5-9-15(14)17-16/h1-9H,10-12H2. The molecule has 3 rings (SSSR count). The zero-order valence-electron chi connectivity index (χ0n) is 10.2. The fourth-order valence-electron chi connectivity index (χ4n) is 2.11. The molecule has 2 aromatic rings. The Balaban J connectivity index is 1.70. The van der Waals surface area contributed by atoms with Gasteiger partial charge in [0, 0.05) is 6.42 Å². The van der Waals surface area contributed by atoms with E-state index in [0.29, 0.717) is 6.61 Å². The van der Waals surface area contributed by atoms with Gasteiger partial charge in [0.1, 0.15) is 6.61 Å². The van der Waals surface area contributed by atoms with Gasteiger partial charge in [-0.1, -0.05) is 48.5 Å². The predicted octanol–water partition coefficient (Wildman–Crippen LogP) is 3.88. The highest BCUT2D eigenvalue weighted by molar-refractivity contribution is 5.82. The quantitative estimate of drug-likeness (QED) is 0.776. The number of aliphatic imine (C=N–C) groups is 1. The number of ether oxygens (including phenoxy) is 1. The Bertz CT molecular complexity index is 560. The highest BCUT2D eigenvalue weighted by Crippen LogP contribution is 2.25. The molecule has 0 saturated carbocycles. The number of hydrogen-bond donors (Lipinski definition) is 0. The van der Waals surface area contributed by atoms with Crippen LogP contribution in [-0.2, 0) is 17.8 Å². The summed E-state index contributed by atoms with van der Waals surface area (Å²) in [6, 6.07) is 18.4. The van der Waals surface area contributed by atoms with Crippen molar-refractivity contribution < 1.29 is 4.74 Å². The summed E-state index contributed by atoms with van der Waals surface area (Å²) in [6.07, 6.45) is 1.91. The molecule has 0 aliphatic carbocycles. The van der Waals surface area contributed by atoms with Crippen LogP contribution >= 0.6 is 0 Å². The van der Waals surface area contributed by atoms with E-state index in [-0.39, 0.29) is 0 Å². The molecule has 0 bridgehead atoms. The van der Waals surface area contributed by atoms with Crippen LogP contribution < -0.4 is 0 Å². The molecule has 0 aromatic heterocycles. The monoisotopic (exact) mass is 237 g/mol. The SMILES string of the molecule is c1ccc(COC2=Nc3ccccc3CC2)cc1. The zero-order valence-corrected chi connectivity index (χ0v) is 10.2. The predicted molar refractivity (Wildman–Crippen MR) is 73.1 cm³/mol. The lowest BCUT2D eigenvalue weighted by molar-refractivity contribution is 0.282. The highest BCUT2D eigenvalue weighted by atomic mass is 16.5. The first-order valence-corrected chi connectivity index (χ1v) is 6.24. The molecule has 90 valence electrons. The third kappa shape index (κ3) is 2.43. The second-order valence-electron chi connectivity index (χ2n) is 4.41. The summed E-state index contributed by atoms with van der Waals surface area (Å²) in [5, 5.41) is 0. The van der Waals surface area contributed by atoms with E-state index < -0.39 is 0 Å². The van der Waals surface area contributed by atoms with Gasteiger partial charge in [-0.2, -0.15) is 0 Å². The topological polar surface area (TPSA) is 21.6 Å². The lowest BCUT2D eigenvalue weighted by Crippen LogP contribution is -2.10. The Labute approximate surface area is 107 Å². The van der Waals surface area contributed by atoms with Crippen molar-refractivity contribution >= 4 is 11.6 Å². The molecule has 0 spiro atoms. The fourth-order valence-corrected chi connectivity index (χ4v) is 2.11. The van der Waals surface area contributed by atoms with Crippen LogP contribution in [0, 0.1) is 0 Å². The minimum atomic E-state index is 0.599. The molecule has 18 heavy (non-hydrogen) atoms. The van der Waals surface area contributed by atoms with Crippen molar-refractivity contribution in [3.05, 3.63) is 65.7 Å². The maximum Gasteiger partial charge on any atom is 0.189 e. The Morgan fingerprint density at radius 1 is 0.889 bits per heavy atom. The van der Waals surface area contributed by atoms with Crippen LogP contribution in [0.25, 0.3) is 0 Å². The fraction of sp³-hybridized carbons (Fsp3) is 0.188. The molecule has 0 radical (unpaired) electrons. The smallest absolute Gasteiger partial charge is 0.189 e. The van der Waals surface area contributed by atoms with Gasteiger partial charge in [-0.3, -0.25) is 0 Å². The Morgan fingerprint density at radius 3 is 2.56 bits per heavy atom. The number of para-hydroxylation sites is 1. The molecule has 2 aromatic carbocycles. The summed E-state index contributed by atoms with van der Waals surface area (Å²) in [5.74, 6) is 0.845. The minimum absolute atomic E-state index is 0.599. The van der Waals surface area contributed by atoms with Gasteiger partial charge in [0.05, 0.1) is 5.69 Å². The Kier molecular flexibility index (Phi) is 3.09. The second-order valence-corrected chi connectivity index (χ2v) is 4.41. The lowest BCUT2D eigenvalue weighted by Gasteiger charge is -2.15. The minimum Gasteiger partial charge on any atom is -0.476 e. The maximum atomic E-state index is 5.78. The van der Waals surface area contributed by atoms with Gasteiger partial charge >= 0.3 is 0 Å². The molecule has 0 fully saturated rings. The molecule has 0 amide bonds. The molecule has 1 aliphatic heterocycles. The van der Waals surface area contributed by atoms with Gasteiger partial charge in [0.15, 0.2) is 5.90 Å². The molecule has 2 heteroatoms. The summed E-state index contributed by atoms with van der Waals surface area (Å²) in [6.45, 7) is 0.599. The molecule has 1 aliphatic rings. The molecule has 0 saturated heterocycles. The van der Waals surface area contributed by atoms with Gasteiger partial charge in [0.2, 0.25) is 0 Å². The van der Waals surface area contributed by atoms with Crippen LogP contribution in [0.2, 0.25) is 0 Å². The molecule has 0 unspecified atom stereocenters. The van der Waals surface area contributed by atoms with E-state index in [2.05, 4.69) is 29.3 Å². The summed E-state index contributed by atoms with van der Waals surface area (Å²) in [4.78, 5) is 4.55. The zero-order chi connectivity index (χ0) is 12.2. The van der Waals surface area contributed by atoms with Gasteiger partial charge < -0.3 is 4.74 Å². The third-order valence-electron chi connectivity index (χ3n) is 3.09. The van der Waals surface area contributed by atoms with Crippen LogP contribution in [0.4, 0.5) is 5.69 Å². The van der Waals surface area contributed by atoms with Crippen molar-refractivity contribution in [2.24, 2.45) is 4.99 Å². The largest absolute Gasteiger partial charge is 0.476 e. The Morgan fingerprint density at radius 2 is 1.67 bits per heavy atom. The van der Waals surface area contributed by atoms with Crippen LogP contribution in [-0.4, -0.2) is 5.90 Å². The van der Waals surface area contributed by atoms with Crippen molar-refractivity contribution in [2.75, 3.05) is 0 Å². The number of hydrogen-bond acceptors (Lipinski definition) is 2. The number of nitrogens with zero attached hydrogens (tertiary/aromatic N) is 1. The van der Waals surface area contributed by atoms with E-state index in [9.17, 15) is 0 Å². The molecule has 1 heterocycles. The van der Waals surface area contributed by atoms with Crippen molar-refractivity contribution in [1.82, 2.24) is 0 Å². The summed E-state index contributed by atoms with van der Waals surface area (Å²) in [7, 11) is 0. The van der Waals surface area contributed by atoms with E-state index in [1.54, 1.807) is 0 Å². The lowest BCUT2D eigenvalue weighted by atomic mass is 10.1. The number of rotatable bonds is 2. The first-order valence-electron chi connectivity index (χ1n) is 6.24. The van der Waals surface area contributed by atoms with Gasteiger partial charge in [-0.25, -0.2) is 4.99 Å². The third-order valence-corrected chi connectivity index (χ3v) is 3.09. The molecular weight excluding hydrogens is 222 g/mol. The van der Waals surface area contributed by atoms with Crippen molar-refractivity contribution in [1.29, 1.82) is 0 Å². The number of fused-ring (bicyclic) bond motifs is 1. The average Bonchev–Trinajstić information content (AvgIpc) is 2.46. The van der Waals surface area contributed by atoms with E-state index in [1.165, 1.54) is 11.1 Å².